The van der Waals surface area contributed by atoms with Crippen molar-refractivity contribution < 1.29 is 9.18 Å². The molecule has 1 atom stereocenters. The van der Waals surface area contributed by atoms with E-state index in [4.69, 9.17) is 0 Å². The molecule has 0 spiro atoms. The first-order valence-corrected chi connectivity index (χ1v) is 7.62. The third-order valence-electron chi connectivity index (χ3n) is 4.03. The van der Waals surface area contributed by atoms with Crippen molar-refractivity contribution in [2.75, 3.05) is 5.32 Å². The predicted molar refractivity (Wildman–Crippen MR) is 84.9 cm³/mol. The van der Waals surface area contributed by atoms with Gasteiger partial charge in [0.25, 0.3) is 5.56 Å². The monoisotopic (exact) mass is 315 g/mol. The summed E-state index contributed by atoms with van der Waals surface area (Å²) in [5, 5.41) is 6.92. The van der Waals surface area contributed by atoms with Crippen LogP contribution in [0.3, 0.4) is 0 Å². The quantitative estimate of drug-likeness (QED) is 0.943. The lowest BCUT2D eigenvalue weighted by molar-refractivity contribution is -0.119. The van der Waals surface area contributed by atoms with Crippen LogP contribution in [0, 0.1) is 12.7 Å². The smallest absolute Gasteiger partial charge is 0.267 e. The molecule has 2 aromatic rings. The van der Waals surface area contributed by atoms with E-state index in [0.29, 0.717) is 17.2 Å². The number of hydrogen-bond donors (Lipinski definition) is 1. The van der Waals surface area contributed by atoms with Crippen LogP contribution >= 0.6 is 0 Å². The molecular formula is C17H18FN3O2. The minimum atomic E-state index is -0.773. The fraction of sp³-hybridized carbons (Fsp3) is 0.353. The molecule has 6 heteroatoms. The van der Waals surface area contributed by atoms with Gasteiger partial charge >= 0.3 is 0 Å². The van der Waals surface area contributed by atoms with E-state index in [0.717, 1.165) is 18.5 Å². The van der Waals surface area contributed by atoms with Crippen LogP contribution in [-0.2, 0) is 4.79 Å². The molecule has 0 bridgehead atoms. The Labute approximate surface area is 133 Å². The van der Waals surface area contributed by atoms with Gasteiger partial charge in [0.2, 0.25) is 5.91 Å². The third kappa shape index (κ3) is 3.31. The van der Waals surface area contributed by atoms with Crippen LogP contribution in [0.4, 0.5) is 10.1 Å². The van der Waals surface area contributed by atoms with Crippen molar-refractivity contribution in [3.8, 4) is 0 Å². The van der Waals surface area contributed by atoms with Crippen molar-refractivity contribution in [2.24, 2.45) is 0 Å². The molecule has 1 aromatic carbocycles. The molecule has 3 rings (SSSR count). The summed E-state index contributed by atoms with van der Waals surface area (Å²) in [4.78, 5) is 24.3. The second-order valence-electron chi connectivity index (χ2n) is 5.94. The van der Waals surface area contributed by atoms with Crippen LogP contribution in [0.5, 0.6) is 0 Å². The highest BCUT2D eigenvalue weighted by atomic mass is 19.1. The Kier molecular flexibility index (Phi) is 3.98. The Morgan fingerprint density at radius 3 is 2.74 bits per heavy atom. The molecule has 0 saturated heterocycles. The zero-order valence-electron chi connectivity index (χ0n) is 13.0. The van der Waals surface area contributed by atoms with E-state index in [9.17, 15) is 14.0 Å². The summed E-state index contributed by atoms with van der Waals surface area (Å²) in [6, 6.07) is 6.86. The van der Waals surface area contributed by atoms with Gasteiger partial charge in [0.05, 0.1) is 5.69 Å². The van der Waals surface area contributed by atoms with E-state index < -0.39 is 11.9 Å². The fourth-order valence-corrected chi connectivity index (χ4v) is 2.34. The number of nitrogens with zero attached hydrogens (tertiary/aromatic N) is 2. The number of aromatic nitrogens is 2. The number of carbonyl (C=O) groups excluding carboxylic acids is 1. The summed E-state index contributed by atoms with van der Waals surface area (Å²) in [6.45, 7) is 3.25. The zero-order valence-corrected chi connectivity index (χ0v) is 13.0. The SMILES string of the molecule is Cc1ccc(NC(=O)C(C)n2nc(C3CC3)ccc2=O)cc1F. The molecule has 5 nitrogen and oxygen atoms in total. The van der Waals surface area contributed by atoms with Crippen LogP contribution < -0.4 is 10.9 Å². The molecule has 1 saturated carbocycles. The molecule has 1 unspecified atom stereocenters. The van der Waals surface area contributed by atoms with Crippen LogP contribution in [-0.4, -0.2) is 15.7 Å². The molecule has 1 fully saturated rings. The van der Waals surface area contributed by atoms with Gasteiger partial charge in [0.15, 0.2) is 0 Å². The van der Waals surface area contributed by atoms with E-state index in [-0.39, 0.29) is 11.4 Å². The lowest BCUT2D eigenvalue weighted by Gasteiger charge is -2.15. The number of rotatable bonds is 4. The molecule has 1 aromatic heterocycles. The summed E-state index contributed by atoms with van der Waals surface area (Å²) in [5.41, 5.74) is 1.38. The molecular weight excluding hydrogens is 297 g/mol. The molecule has 23 heavy (non-hydrogen) atoms. The highest BCUT2D eigenvalue weighted by molar-refractivity contribution is 5.93. The number of amides is 1. The molecule has 1 amide bonds. The van der Waals surface area contributed by atoms with Gasteiger partial charge in [-0.2, -0.15) is 5.10 Å². The van der Waals surface area contributed by atoms with E-state index in [1.165, 1.54) is 16.8 Å². The number of hydrogen-bond acceptors (Lipinski definition) is 3. The maximum absolute atomic E-state index is 13.5. The Balaban J connectivity index is 1.80. The Bertz CT molecular complexity index is 812. The van der Waals surface area contributed by atoms with Gasteiger partial charge in [-0.1, -0.05) is 6.07 Å². The molecule has 0 radical (unpaired) electrons. The molecule has 1 N–H and O–H groups in total. The first-order chi connectivity index (χ1) is 11.0. The van der Waals surface area contributed by atoms with Crippen molar-refractivity contribution in [2.45, 2.75) is 38.6 Å². The average Bonchev–Trinajstić information content (AvgIpc) is 3.35. The Morgan fingerprint density at radius 1 is 1.35 bits per heavy atom. The zero-order chi connectivity index (χ0) is 16.6. The van der Waals surface area contributed by atoms with E-state index in [1.54, 1.807) is 32.0 Å². The summed E-state index contributed by atoms with van der Waals surface area (Å²) >= 11 is 0. The van der Waals surface area contributed by atoms with Gasteiger partial charge in [-0.05, 0) is 50.5 Å². The van der Waals surface area contributed by atoms with Crippen molar-refractivity contribution in [1.29, 1.82) is 0 Å². The predicted octanol–water partition coefficient (Wildman–Crippen LogP) is 2.77. The lowest BCUT2D eigenvalue weighted by atomic mass is 10.2. The van der Waals surface area contributed by atoms with E-state index in [2.05, 4.69) is 10.4 Å². The maximum atomic E-state index is 13.5. The Hall–Kier alpha value is -2.50. The van der Waals surface area contributed by atoms with Crippen LogP contribution in [0.15, 0.2) is 35.1 Å². The largest absolute Gasteiger partial charge is 0.324 e. The molecule has 1 aliphatic rings. The first-order valence-electron chi connectivity index (χ1n) is 7.62. The molecule has 1 aliphatic carbocycles. The van der Waals surface area contributed by atoms with Crippen molar-refractivity contribution in [3.05, 3.63) is 57.8 Å². The minimum Gasteiger partial charge on any atom is -0.324 e. The first kappa shape index (κ1) is 15.4. The summed E-state index contributed by atoms with van der Waals surface area (Å²) < 4.78 is 14.7. The molecule has 120 valence electrons. The highest BCUT2D eigenvalue weighted by Crippen LogP contribution is 2.38. The molecule has 0 aliphatic heterocycles. The fourth-order valence-electron chi connectivity index (χ4n) is 2.34. The van der Waals surface area contributed by atoms with Gasteiger partial charge in [0, 0.05) is 17.7 Å². The highest BCUT2D eigenvalue weighted by Gasteiger charge is 2.27. The maximum Gasteiger partial charge on any atom is 0.267 e. The van der Waals surface area contributed by atoms with Gasteiger partial charge in [-0.15, -0.1) is 0 Å². The summed E-state index contributed by atoms with van der Waals surface area (Å²) in [7, 11) is 0. The summed E-state index contributed by atoms with van der Waals surface area (Å²) in [5.74, 6) is -0.402. The molecule has 1 heterocycles. The van der Waals surface area contributed by atoms with Gasteiger partial charge < -0.3 is 5.32 Å². The number of nitrogens with one attached hydrogen (secondary N) is 1. The standard InChI is InChI=1S/C17H18FN3O2/c1-10-3-6-13(9-14(10)18)19-17(23)11(2)21-16(22)8-7-15(20-21)12-4-5-12/h3,6-9,11-12H,4-5H2,1-2H3,(H,19,23). The number of benzene rings is 1. The number of halogens is 1. The summed E-state index contributed by atoms with van der Waals surface area (Å²) in [6.07, 6.45) is 2.13. The van der Waals surface area contributed by atoms with Crippen molar-refractivity contribution in [3.63, 3.8) is 0 Å². The van der Waals surface area contributed by atoms with Crippen molar-refractivity contribution in [1.82, 2.24) is 9.78 Å². The van der Waals surface area contributed by atoms with E-state index in [1.807, 2.05) is 0 Å². The van der Waals surface area contributed by atoms with Crippen LogP contribution in [0.2, 0.25) is 0 Å². The second-order valence-corrected chi connectivity index (χ2v) is 5.94. The second kappa shape index (κ2) is 5.95. The number of carbonyl (C=O) groups is 1. The van der Waals surface area contributed by atoms with Gasteiger partial charge in [-0.3, -0.25) is 9.59 Å². The average molecular weight is 315 g/mol. The minimum absolute atomic E-state index is 0.327. The number of anilines is 1. The van der Waals surface area contributed by atoms with Crippen LogP contribution in [0.1, 0.15) is 43.0 Å². The number of aryl methyl sites for hydroxylation is 1. The van der Waals surface area contributed by atoms with Crippen LogP contribution in [0.25, 0.3) is 0 Å². The Morgan fingerprint density at radius 2 is 2.09 bits per heavy atom. The normalized spacial score (nSPS) is 15.3. The topological polar surface area (TPSA) is 64.0 Å². The lowest BCUT2D eigenvalue weighted by Crippen LogP contribution is -2.33. The van der Waals surface area contributed by atoms with Gasteiger partial charge in [0.1, 0.15) is 11.9 Å². The van der Waals surface area contributed by atoms with Gasteiger partial charge in [-0.25, -0.2) is 9.07 Å². The van der Waals surface area contributed by atoms with Crippen molar-refractivity contribution >= 4 is 11.6 Å². The third-order valence-corrected chi connectivity index (χ3v) is 4.03. The van der Waals surface area contributed by atoms with E-state index >= 15 is 0 Å².